The minimum atomic E-state index is -0.309. The Morgan fingerprint density at radius 2 is 1.75 bits per heavy atom. The topological polar surface area (TPSA) is 89.6 Å². The first-order chi connectivity index (χ1) is 14.9. The number of guanidine groups is 1. The summed E-state index contributed by atoms with van der Waals surface area (Å²) >= 11 is 0. The molecule has 8 heteroatoms. The maximum absolute atomic E-state index is 12.0. The fraction of sp³-hybridized carbons (Fsp3) is 0.667. The number of nitrogens with zero attached hydrogens (tertiary/aromatic N) is 3. The van der Waals surface area contributed by atoms with Crippen LogP contribution in [0.3, 0.4) is 0 Å². The quantitative estimate of drug-likeness (QED) is 0.227. The molecular weight excluding hydrogens is 408 g/mol. The van der Waals surface area contributed by atoms with Gasteiger partial charge in [0.25, 0.3) is 0 Å². The number of ether oxygens (including phenoxy) is 2. The first kappa shape index (κ1) is 27.7. The maximum atomic E-state index is 12.0. The summed E-state index contributed by atoms with van der Waals surface area (Å²) in [6.45, 7) is 9.18. The SMILES string of the molecule is CN=C(N)N(C)OC(C)C(C)(C)CC(C)COc1ccc(C[C@@H](C(=O)OC)N(C)C)cc1. The van der Waals surface area contributed by atoms with E-state index in [-0.39, 0.29) is 23.5 Å². The van der Waals surface area contributed by atoms with Crippen LogP contribution in [0.1, 0.15) is 39.7 Å². The molecule has 0 amide bonds. The predicted molar refractivity (Wildman–Crippen MR) is 129 cm³/mol. The minimum Gasteiger partial charge on any atom is -0.493 e. The molecule has 0 bridgehead atoms. The number of rotatable bonds is 12. The first-order valence-corrected chi connectivity index (χ1v) is 11.0. The Balaban J connectivity index is 2.60. The normalized spacial score (nSPS) is 15.2. The van der Waals surface area contributed by atoms with E-state index in [9.17, 15) is 4.79 Å². The number of carbonyl (C=O) groups is 1. The number of hydrogen-bond acceptors (Lipinski definition) is 6. The average Bonchev–Trinajstić information content (AvgIpc) is 2.74. The number of hydroxylamine groups is 2. The minimum absolute atomic E-state index is 0.0472. The lowest BCUT2D eigenvalue weighted by Crippen LogP contribution is -2.41. The second-order valence-corrected chi connectivity index (χ2v) is 9.29. The number of likely N-dealkylation sites (N-methyl/N-ethyl adjacent to an activating group) is 1. The monoisotopic (exact) mass is 450 g/mol. The molecule has 2 N–H and O–H groups in total. The molecule has 0 heterocycles. The van der Waals surface area contributed by atoms with Crippen LogP contribution in [0.5, 0.6) is 5.75 Å². The van der Waals surface area contributed by atoms with E-state index in [2.05, 4.69) is 25.8 Å². The van der Waals surface area contributed by atoms with Crippen molar-refractivity contribution >= 4 is 11.9 Å². The number of carbonyl (C=O) groups excluding carboxylic acids is 1. The molecule has 2 unspecified atom stereocenters. The summed E-state index contributed by atoms with van der Waals surface area (Å²) in [6.07, 6.45) is 1.46. The molecule has 32 heavy (non-hydrogen) atoms. The number of nitrogens with two attached hydrogens (primary N) is 1. The average molecular weight is 451 g/mol. The van der Waals surface area contributed by atoms with Gasteiger partial charge in [0.1, 0.15) is 11.8 Å². The van der Waals surface area contributed by atoms with Gasteiger partial charge in [0, 0.05) is 14.1 Å². The molecule has 0 aliphatic rings. The van der Waals surface area contributed by atoms with E-state index in [1.165, 1.54) is 12.2 Å². The van der Waals surface area contributed by atoms with Gasteiger partial charge in [0.15, 0.2) is 0 Å². The second kappa shape index (κ2) is 12.6. The molecule has 0 radical (unpaired) electrons. The van der Waals surface area contributed by atoms with Crippen LogP contribution in [0.2, 0.25) is 0 Å². The van der Waals surface area contributed by atoms with E-state index in [0.717, 1.165) is 17.7 Å². The number of methoxy groups -OCH3 is 1. The Bertz CT molecular complexity index is 734. The van der Waals surface area contributed by atoms with Crippen molar-refractivity contribution in [1.29, 1.82) is 0 Å². The lowest BCUT2D eigenvalue weighted by Gasteiger charge is -2.36. The molecule has 0 aliphatic heterocycles. The molecule has 8 nitrogen and oxygen atoms in total. The fourth-order valence-corrected chi connectivity index (χ4v) is 3.49. The maximum Gasteiger partial charge on any atom is 0.323 e. The van der Waals surface area contributed by atoms with Crippen LogP contribution in [0.25, 0.3) is 0 Å². The lowest BCUT2D eigenvalue weighted by molar-refractivity contribution is -0.165. The summed E-state index contributed by atoms with van der Waals surface area (Å²) in [7, 11) is 8.56. The molecule has 0 spiro atoms. The van der Waals surface area contributed by atoms with E-state index in [4.69, 9.17) is 20.0 Å². The molecule has 3 atom stereocenters. The van der Waals surface area contributed by atoms with Gasteiger partial charge in [-0.2, -0.15) is 0 Å². The van der Waals surface area contributed by atoms with Crippen molar-refractivity contribution in [2.24, 2.45) is 22.1 Å². The van der Waals surface area contributed by atoms with Gasteiger partial charge in [0.05, 0.1) is 19.8 Å². The summed E-state index contributed by atoms with van der Waals surface area (Å²) in [5.74, 6) is 1.25. The zero-order valence-electron chi connectivity index (χ0n) is 21.2. The summed E-state index contributed by atoms with van der Waals surface area (Å²) in [5.41, 5.74) is 6.78. The molecule has 0 saturated heterocycles. The molecule has 0 fully saturated rings. The van der Waals surface area contributed by atoms with Gasteiger partial charge in [-0.1, -0.05) is 32.9 Å². The Hall–Kier alpha value is -2.32. The summed E-state index contributed by atoms with van der Waals surface area (Å²) < 4.78 is 10.9. The molecule has 1 aromatic carbocycles. The highest BCUT2D eigenvalue weighted by atomic mass is 16.7. The van der Waals surface area contributed by atoms with Crippen molar-refractivity contribution in [1.82, 2.24) is 9.96 Å². The smallest absolute Gasteiger partial charge is 0.323 e. The molecule has 0 saturated carbocycles. The zero-order valence-corrected chi connectivity index (χ0v) is 21.2. The van der Waals surface area contributed by atoms with Crippen molar-refractivity contribution in [3.05, 3.63) is 29.8 Å². The number of esters is 1. The summed E-state index contributed by atoms with van der Waals surface area (Å²) in [6, 6.07) is 7.58. The number of aliphatic imine (C=N–C) groups is 1. The lowest BCUT2D eigenvalue weighted by atomic mass is 9.79. The summed E-state index contributed by atoms with van der Waals surface area (Å²) in [4.78, 5) is 23.7. The van der Waals surface area contributed by atoms with Crippen LogP contribution in [0.4, 0.5) is 0 Å². The van der Waals surface area contributed by atoms with Crippen LogP contribution < -0.4 is 10.5 Å². The van der Waals surface area contributed by atoms with Gasteiger partial charge < -0.3 is 15.2 Å². The van der Waals surface area contributed by atoms with E-state index in [1.54, 1.807) is 14.1 Å². The first-order valence-electron chi connectivity index (χ1n) is 11.0. The molecule has 0 aromatic heterocycles. The van der Waals surface area contributed by atoms with Crippen molar-refractivity contribution in [2.45, 2.75) is 52.7 Å². The van der Waals surface area contributed by atoms with Crippen molar-refractivity contribution in [3.8, 4) is 5.75 Å². The Morgan fingerprint density at radius 3 is 2.25 bits per heavy atom. The van der Waals surface area contributed by atoms with Gasteiger partial charge in [-0.25, -0.2) is 5.06 Å². The van der Waals surface area contributed by atoms with Crippen LogP contribution in [-0.4, -0.2) is 75.9 Å². The van der Waals surface area contributed by atoms with Gasteiger partial charge in [-0.3, -0.25) is 19.5 Å². The van der Waals surface area contributed by atoms with E-state index >= 15 is 0 Å². The van der Waals surface area contributed by atoms with Gasteiger partial charge in [-0.15, -0.1) is 0 Å². The van der Waals surface area contributed by atoms with E-state index < -0.39 is 0 Å². The molecular formula is C24H42N4O4. The highest BCUT2D eigenvalue weighted by molar-refractivity contribution is 5.76. The van der Waals surface area contributed by atoms with Gasteiger partial charge in [-0.05, 0) is 62.9 Å². The predicted octanol–water partition coefficient (Wildman–Crippen LogP) is 2.96. The Morgan fingerprint density at radius 1 is 1.16 bits per heavy atom. The third kappa shape index (κ3) is 8.67. The zero-order chi connectivity index (χ0) is 24.5. The highest BCUT2D eigenvalue weighted by Gasteiger charge is 2.30. The molecule has 1 rings (SSSR count). The van der Waals surface area contributed by atoms with Crippen molar-refractivity contribution in [3.63, 3.8) is 0 Å². The number of benzene rings is 1. The number of hydrogen-bond donors (Lipinski definition) is 1. The summed E-state index contributed by atoms with van der Waals surface area (Å²) in [5, 5.41) is 1.51. The fourth-order valence-electron chi connectivity index (χ4n) is 3.49. The second-order valence-electron chi connectivity index (χ2n) is 9.29. The molecule has 0 aliphatic carbocycles. The third-order valence-electron chi connectivity index (χ3n) is 5.83. The van der Waals surface area contributed by atoms with Crippen LogP contribution >= 0.6 is 0 Å². The highest BCUT2D eigenvalue weighted by Crippen LogP contribution is 2.32. The third-order valence-corrected chi connectivity index (χ3v) is 5.83. The Labute approximate surface area is 193 Å². The van der Waals surface area contributed by atoms with E-state index in [0.29, 0.717) is 24.9 Å². The molecule has 1 aromatic rings. The van der Waals surface area contributed by atoms with E-state index in [1.807, 2.05) is 50.2 Å². The van der Waals surface area contributed by atoms with Crippen LogP contribution in [0.15, 0.2) is 29.3 Å². The molecule has 182 valence electrons. The Kier molecular flexibility index (Phi) is 11.0. The van der Waals surface area contributed by atoms with Crippen molar-refractivity contribution < 1.29 is 19.1 Å². The van der Waals surface area contributed by atoms with Gasteiger partial charge in [0.2, 0.25) is 5.96 Å². The van der Waals surface area contributed by atoms with Gasteiger partial charge >= 0.3 is 5.97 Å². The van der Waals surface area contributed by atoms with Crippen molar-refractivity contribution in [2.75, 3.05) is 41.9 Å². The largest absolute Gasteiger partial charge is 0.493 e. The van der Waals surface area contributed by atoms with Crippen LogP contribution in [0, 0.1) is 11.3 Å². The standard InChI is InChI=1S/C24H42N4O4/c1-17(15-24(3,4)18(2)32-28(8)23(25)26-5)16-31-20-12-10-19(11-13-20)14-21(27(6)7)22(29)30-9/h10-13,17-18,21H,14-16H2,1-9H3,(H2,25,26)/t17?,18?,21-/m0/s1. The van der Waals surface area contributed by atoms with Crippen LogP contribution in [-0.2, 0) is 20.8 Å².